The minimum atomic E-state index is -0.691. The zero-order valence-electron chi connectivity index (χ0n) is 25.5. The van der Waals surface area contributed by atoms with Crippen molar-refractivity contribution in [3.8, 4) is 5.75 Å². The van der Waals surface area contributed by atoms with E-state index in [4.69, 9.17) is 9.15 Å². The second-order valence-electron chi connectivity index (χ2n) is 11.7. The average molecular weight is 601 g/mol. The molecule has 0 radical (unpaired) electrons. The summed E-state index contributed by atoms with van der Waals surface area (Å²) in [5.74, 6) is -0.202. The SMILES string of the molecule is CCN(CC)c1ccc2cc(C(=O)NCCOc3cccc4c(C(=O)NC5C[C@@H]6CCC[C@@H](C5)N6C)n[nH]c34)c(=O)oc2c1. The van der Waals surface area contributed by atoms with E-state index in [0.29, 0.717) is 45.4 Å². The van der Waals surface area contributed by atoms with Crippen molar-refractivity contribution in [2.75, 3.05) is 38.2 Å². The van der Waals surface area contributed by atoms with Crippen molar-refractivity contribution in [2.45, 2.75) is 64.1 Å². The molecule has 2 amide bonds. The number of benzene rings is 2. The van der Waals surface area contributed by atoms with Gasteiger partial charge in [0.05, 0.1) is 6.54 Å². The third-order valence-corrected chi connectivity index (χ3v) is 9.19. The maximum absolute atomic E-state index is 13.2. The number of anilines is 1. The normalized spacial score (nSPS) is 20.0. The first-order chi connectivity index (χ1) is 21.4. The lowest BCUT2D eigenvalue weighted by atomic mass is 9.82. The quantitative estimate of drug-likeness (QED) is 0.183. The Bertz CT molecular complexity index is 1710. The maximum Gasteiger partial charge on any atom is 0.349 e. The Labute approximate surface area is 255 Å². The molecule has 2 aliphatic heterocycles. The van der Waals surface area contributed by atoms with E-state index in [-0.39, 0.29) is 30.7 Å². The van der Waals surface area contributed by atoms with Crippen molar-refractivity contribution in [1.29, 1.82) is 0 Å². The summed E-state index contributed by atoms with van der Waals surface area (Å²) in [7, 11) is 2.20. The van der Waals surface area contributed by atoms with Crippen molar-refractivity contribution in [2.24, 2.45) is 0 Å². The molecule has 3 N–H and O–H groups in total. The summed E-state index contributed by atoms with van der Waals surface area (Å²) in [6, 6.07) is 13.8. The lowest BCUT2D eigenvalue weighted by Gasteiger charge is -2.47. The third kappa shape index (κ3) is 5.88. The summed E-state index contributed by atoms with van der Waals surface area (Å²) in [6.07, 6.45) is 5.53. The van der Waals surface area contributed by atoms with Gasteiger partial charge >= 0.3 is 5.63 Å². The molecule has 0 saturated carbocycles. The van der Waals surface area contributed by atoms with Gasteiger partial charge in [-0.25, -0.2) is 4.79 Å². The van der Waals surface area contributed by atoms with Crippen LogP contribution in [0.4, 0.5) is 5.69 Å². The smallest absolute Gasteiger partial charge is 0.349 e. The topological polar surface area (TPSA) is 133 Å². The van der Waals surface area contributed by atoms with E-state index in [2.05, 4.69) is 51.5 Å². The fourth-order valence-electron chi connectivity index (χ4n) is 6.76. The van der Waals surface area contributed by atoms with Gasteiger partial charge in [0, 0.05) is 53.7 Å². The molecule has 0 unspecified atom stereocenters. The number of para-hydroxylation sites is 1. The second-order valence-corrected chi connectivity index (χ2v) is 11.7. The number of carbonyl (C=O) groups is 2. The monoisotopic (exact) mass is 600 g/mol. The highest BCUT2D eigenvalue weighted by molar-refractivity contribution is 6.06. The van der Waals surface area contributed by atoms with E-state index in [0.717, 1.165) is 31.6 Å². The Kier molecular flexibility index (Phi) is 8.56. The number of H-pyrrole nitrogens is 1. The lowest BCUT2D eigenvalue weighted by Crippen LogP contribution is -2.55. The minimum Gasteiger partial charge on any atom is -0.489 e. The molecule has 44 heavy (non-hydrogen) atoms. The number of hydrogen-bond acceptors (Lipinski definition) is 8. The highest BCUT2D eigenvalue weighted by Crippen LogP contribution is 2.33. The first-order valence-electron chi connectivity index (χ1n) is 15.6. The average Bonchev–Trinajstić information content (AvgIpc) is 3.45. The van der Waals surface area contributed by atoms with Crippen LogP contribution in [-0.4, -0.2) is 78.3 Å². The van der Waals surface area contributed by atoms with Crippen LogP contribution in [0.2, 0.25) is 0 Å². The predicted octanol–water partition coefficient (Wildman–Crippen LogP) is 4.07. The Hall–Kier alpha value is -4.38. The summed E-state index contributed by atoms with van der Waals surface area (Å²) < 4.78 is 11.4. The molecule has 11 nitrogen and oxygen atoms in total. The van der Waals surface area contributed by atoms with Crippen LogP contribution >= 0.6 is 0 Å². The maximum atomic E-state index is 13.2. The molecule has 2 bridgehead atoms. The van der Waals surface area contributed by atoms with Gasteiger partial charge in [-0.2, -0.15) is 5.10 Å². The van der Waals surface area contributed by atoms with Crippen LogP contribution in [0.15, 0.2) is 51.7 Å². The van der Waals surface area contributed by atoms with Crippen molar-refractivity contribution in [3.63, 3.8) is 0 Å². The molecule has 2 fully saturated rings. The number of carbonyl (C=O) groups excluding carboxylic acids is 2. The lowest BCUT2D eigenvalue weighted by molar-refractivity contribution is 0.0462. The summed E-state index contributed by atoms with van der Waals surface area (Å²) in [5.41, 5.74) is 1.60. The van der Waals surface area contributed by atoms with E-state index in [1.165, 1.54) is 19.3 Å². The van der Waals surface area contributed by atoms with Gasteiger partial charge in [0.15, 0.2) is 5.69 Å². The Morgan fingerprint density at radius 3 is 2.61 bits per heavy atom. The van der Waals surface area contributed by atoms with Gasteiger partial charge < -0.3 is 29.6 Å². The van der Waals surface area contributed by atoms with Crippen LogP contribution in [0.3, 0.4) is 0 Å². The van der Waals surface area contributed by atoms with Gasteiger partial charge in [-0.3, -0.25) is 14.7 Å². The molecule has 2 aromatic carbocycles. The number of rotatable bonds is 10. The highest BCUT2D eigenvalue weighted by atomic mass is 16.5. The Balaban J connectivity index is 1.06. The summed E-state index contributed by atoms with van der Waals surface area (Å²) in [6.45, 7) is 6.10. The first-order valence-corrected chi connectivity index (χ1v) is 15.6. The standard InChI is InChI=1S/C33H40N6O5/c1-4-39(5-2)24-13-12-20-16-26(33(42)44-28(20)19-24)31(40)34-14-15-43-27-11-7-10-25-29(27)36-37-30(25)32(41)35-21-17-22-8-6-9-23(18-21)38(22)3/h7,10-13,16,19,21-23H,4-6,8-9,14-15,17-18H2,1-3H3,(H,34,40)(H,35,41)(H,36,37)/t22-,23-/m0/s1. The Morgan fingerprint density at radius 2 is 1.86 bits per heavy atom. The zero-order valence-corrected chi connectivity index (χ0v) is 25.5. The zero-order chi connectivity index (χ0) is 30.8. The van der Waals surface area contributed by atoms with Crippen molar-refractivity contribution in [1.82, 2.24) is 25.7 Å². The minimum absolute atomic E-state index is 0.0624. The van der Waals surface area contributed by atoms with Crippen LogP contribution in [0.1, 0.15) is 66.8 Å². The number of amides is 2. The molecule has 232 valence electrons. The van der Waals surface area contributed by atoms with Crippen molar-refractivity contribution < 1.29 is 18.7 Å². The fourth-order valence-corrected chi connectivity index (χ4v) is 6.76. The summed E-state index contributed by atoms with van der Waals surface area (Å²) >= 11 is 0. The predicted molar refractivity (Wildman–Crippen MR) is 170 cm³/mol. The van der Waals surface area contributed by atoms with Gasteiger partial charge in [-0.1, -0.05) is 18.6 Å². The molecule has 2 saturated heterocycles. The van der Waals surface area contributed by atoms with Gasteiger partial charge in [0.1, 0.15) is 29.0 Å². The first kappa shape index (κ1) is 29.7. The number of aromatic nitrogens is 2. The molecule has 2 aliphatic rings. The van der Waals surface area contributed by atoms with Crippen molar-refractivity contribution in [3.05, 3.63) is 64.1 Å². The summed E-state index contributed by atoms with van der Waals surface area (Å²) in [4.78, 5) is 43.3. The Morgan fingerprint density at radius 1 is 1.09 bits per heavy atom. The molecule has 4 aromatic rings. The van der Waals surface area contributed by atoms with Crippen LogP contribution in [0.25, 0.3) is 21.9 Å². The van der Waals surface area contributed by atoms with Gasteiger partial charge in [0.25, 0.3) is 11.8 Å². The second kappa shape index (κ2) is 12.7. The van der Waals surface area contributed by atoms with E-state index >= 15 is 0 Å². The molecular formula is C33H40N6O5. The molecular weight excluding hydrogens is 560 g/mol. The van der Waals surface area contributed by atoms with E-state index in [1.54, 1.807) is 12.1 Å². The molecule has 11 heteroatoms. The number of nitrogens with one attached hydrogen (secondary N) is 3. The molecule has 2 atom stereocenters. The third-order valence-electron chi connectivity index (χ3n) is 9.19. The number of ether oxygens (including phenoxy) is 1. The van der Waals surface area contributed by atoms with Crippen LogP contribution < -0.4 is 25.9 Å². The number of fused-ring (bicyclic) bond motifs is 4. The summed E-state index contributed by atoms with van der Waals surface area (Å²) in [5, 5.41) is 14.6. The molecule has 2 aromatic heterocycles. The van der Waals surface area contributed by atoms with Crippen molar-refractivity contribution >= 4 is 39.4 Å². The van der Waals surface area contributed by atoms with Crippen LogP contribution in [0.5, 0.6) is 5.75 Å². The molecule has 0 spiro atoms. The number of nitrogens with zero attached hydrogens (tertiary/aromatic N) is 3. The molecule has 4 heterocycles. The van der Waals surface area contributed by atoms with Crippen LogP contribution in [0, 0.1) is 0 Å². The van der Waals surface area contributed by atoms with E-state index in [1.807, 2.05) is 30.3 Å². The highest BCUT2D eigenvalue weighted by Gasteiger charge is 2.36. The number of aromatic amines is 1. The number of hydrogen-bond donors (Lipinski definition) is 3. The van der Waals surface area contributed by atoms with E-state index < -0.39 is 11.5 Å². The molecule has 0 aliphatic carbocycles. The van der Waals surface area contributed by atoms with E-state index in [9.17, 15) is 14.4 Å². The fraction of sp³-hybridized carbons (Fsp3) is 0.455. The van der Waals surface area contributed by atoms with Gasteiger partial charge in [-0.05, 0) is 70.8 Å². The van der Waals surface area contributed by atoms with Gasteiger partial charge in [0.2, 0.25) is 0 Å². The van der Waals surface area contributed by atoms with Gasteiger partial charge in [-0.15, -0.1) is 0 Å². The largest absolute Gasteiger partial charge is 0.489 e. The van der Waals surface area contributed by atoms with Crippen LogP contribution in [-0.2, 0) is 0 Å². The number of piperidine rings is 2. The molecule has 6 rings (SSSR count).